The minimum absolute atomic E-state index is 0.0799. The Labute approximate surface area is 153 Å². The Balaban J connectivity index is 1.75. The van der Waals surface area contributed by atoms with E-state index in [1.807, 2.05) is 13.1 Å². The van der Waals surface area contributed by atoms with Crippen LogP contribution in [0.5, 0.6) is 0 Å². The smallest absolute Gasteiger partial charge is 0.225 e. The summed E-state index contributed by atoms with van der Waals surface area (Å²) < 4.78 is 0. The number of anilines is 1. The summed E-state index contributed by atoms with van der Waals surface area (Å²) in [5.74, 6) is 0.0163. The Morgan fingerprint density at radius 3 is 2.64 bits per heavy atom. The van der Waals surface area contributed by atoms with Crippen molar-refractivity contribution in [3.63, 3.8) is 0 Å². The lowest BCUT2D eigenvalue weighted by Crippen LogP contribution is -2.45. The Hall–Kier alpha value is -2.10. The maximum absolute atomic E-state index is 12.1. The summed E-state index contributed by atoms with van der Waals surface area (Å²) in [6.45, 7) is 4.05. The molecule has 2 amide bonds. The van der Waals surface area contributed by atoms with Crippen LogP contribution in [0.4, 0.5) is 5.69 Å². The van der Waals surface area contributed by atoms with Gasteiger partial charge in [0.15, 0.2) is 0 Å². The molecule has 6 nitrogen and oxygen atoms in total. The van der Waals surface area contributed by atoms with E-state index in [1.165, 1.54) is 0 Å². The molecule has 25 heavy (non-hydrogen) atoms. The van der Waals surface area contributed by atoms with Gasteiger partial charge in [-0.15, -0.1) is 0 Å². The Kier molecular flexibility index (Phi) is 6.80. The summed E-state index contributed by atoms with van der Waals surface area (Å²) in [4.78, 5) is 27.5. The van der Waals surface area contributed by atoms with E-state index in [2.05, 4.69) is 10.2 Å². The number of hydrogen-bond donors (Lipinski definition) is 1. The maximum Gasteiger partial charge on any atom is 0.225 e. The van der Waals surface area contributed by atoms with E-state index in [-0.39, 0.29) is 11.8 Å². The van der Waals surface area contributed by atoms with Crippen molar-refractivity contribution in [2.45, 2.75) is 32.2 Å². The van der Waals surface area contributed by atoms with Crippen LogP contribution >= 0.6 is 11.6 Å². The van der Waals surface area contributed by atoms with Crippen LogP contribution in [0.1, 0.15) is 31.7 Å². The molecule has 1 aliphatic rings. The van der Waals surface area contributed by atoms with Gasteiger partial charge in [0.1, 0.15) is 6.07 Å². The molecule has 1 saturated heterocycles. The van der Waals surface area contributed by atoms with Crippen LogP contribution in [0.2, 0.25) is 5.02 Å². The first-order valence-corrected chi connectivity index (χ1v) is 8.73. The molecule has 0 saturated carbocycles. The van der Waals surface area contributed by atoms with Gasteiger partial charge < -0.3 is 15.1 Å². The minimum Gasteiger partial charge on any atom is -0.343 e. The van der Waals surface area contributed by atoms with E-state index < -0.39 is 0 Å². The molecule has 134 valence electrons. The number of nitriles is 1. The second-order valence-electron chi connectivity index (χ2n) is 6.31. The molecule has 0 aliphatic carbocycles. The number of amides is 2. The predicted octanol–water partition coefficient (Wildman–Crippen LogP) is 2.48. The number of nitrogens with zero attached hydrogens (tertiary/aromatic N) is 3. The number of rotatable bonds is 5. The first kappa shape index (κ1) is 19.2. The average molecular weight is 363 g/mol. The summed E-state index contributed by atoms with van der Waals surface area (Å²) in [6.07, 6.45) is 2.26. The third-order valence-corrected chi connectivity index (χ3v) is 4.94. The zero-order valence-corrected chi connectivity index (χ0v) is 15.3. The van der Waals surface area contributed by atoms with Crippen LogP contribution in [-0.4, -0.2) is 54.3 Å². The van der Waals surface area contributed by atoms with E-state index in [4.69, 9.17) is 16.9 Å². The van der Waals surface area contributed by atoms with Gasteiger partial charge in [0.2, 0.25) is 11.8 Å². The average Bonchev–Trinajstić information content (AvgIpc) is 2.60. The molecule has 1 aromatic carbocycles. The molecule has 0 radical (unpaired) electrons. The lowest BCUT2D eigenvalue weighted by atomic mass is 10.0. The quantitative estimate of drug-likeness (QED) is 0.873. The van der Waals surface area contributed by atoms with Crippen molar-refractivity contribution >= 4 is 29.1 Å². The Morgan fingerprint density at radius 2 is 2.08 bits per heavy atom. The van der Waals surface area contributed by atoms with Crippen molar-refractivity contribution in [3.8, 4) is 6.07 Å². The molecule has 1 aliphatic heterocycles. The Bertz CT molecular complexity index is 678. The fourth-order valence-corrected chi connectivity index (χ4v) is 3.18. The zero-order valence-electron chi connectivity index (χ0n) is 14.6. The fourth-order valence-electron chi connectivity index (χ4n) is 2.95. The minimum atomic E-state index is -0.0799. The summed E-state index contributed by atoms with van der Waals surface area (Å²) in [6, 6.07) is 7.13. The van der Waals surface area contributed by atoms with Gasteiger partial charge in [-0.05, 0) is 31.0 Å². The van der Waals surface area contributed by atoms with Gasteiger partial charge in [-0.3, -0.25) is 9.59 Å². The fraction of sp³-hybridized carbons (Fsp3) is 0.500. The van der Waals surface area contributed by atoms with Crippen LogP contribution < -0.4 is 5.32 Å². The molecule has 0 aromatic heterocycles. The van der Waals surface area contributed by atoms with Gasteiger partial charge >= 0.3 is 0 Å². The normalized spacial score (nSPS) is 15.4. The van der Waals surface area contributed by atoms with E-state index in [0.29, 0.717) is 35.3 Å². The van der Waals surface area contributed by atoms with Gasteiger partial charge in [0.25, 0.3) is 0 Å². The molecule has 2 rings (SSSR count). The molecule has 1 heterocycles. The highest BCUT2D eigenvalue weighted by Crippen LogP contribution is 2.20. The highest BCUT2D eigenvalue weighted by Gasteiger charge is 2.23. The number of benzene rings is 1. The van der Waals surface area contributed by atoms with E-state index in [0.717, 1.165) is 25.9 Å². The summed E-state index contributed by atoms with van der Waals surface area (Å²) >= 11 is 5.96. The van der Waals surface area contributed by atoms with Crippen LogP contribution in [0, 0.1) is 11.3 Å². The molecule has 0 atom stereocenters. The maximum atomic E-state index is 12.1. The van der Waals surface area contributed by atoms with Gasteiger partial charge in [-0.1, -0.05) is 11.6 Å². The third-order valence-electron chi connectivity index (χ3n) is 4.63. The van der Waals surface area contributed by atoms with Crippen molar-refractivity contribution in [1.82, 2.24) is 9.80 Å². The topological polar surface area (TPSA) is 76.4 Å². The van der Waals surface area contributed by atoms with Crippen molar-refractivity contribution in [1.29, 1.82) is 5.26 Å². The van der Waals surface area contributed by atoms with E-state index in [1.54, 1.807) is 30.0 Å². The lowest BCUT2D eigenvalue weighted by molar-refractivity contribution is -0.130. The molecule has 0 spiro atoms. The number of carbonyl (C=O) groups excluding carboxylic acids is 2. The van der Waals surface area contributed by atoms with Gasteiger partial charge in [-0.25, -0.2) is 0 Å². The van der Waals surface area contributed by atoms with Crippen LogP contribution in [0.15, 0.2) is 18.2 Å². The molecule has 1 fully saturated rings. The SMILES string of the molecule is CC(=O)N(C)C1CCN(CCC(=O)Nc2ccc(C#N)c(Cl)c2)CC1. The number of nitrogens with one attached hydrogen (secondary N) is 1. The molecule has 1 N–H and O–H groups in total. The van der Waals surface area contributed by atoms with Crippen molar-refractivity contribution in [3.05, 3.63) is 28.8 Å². The van der Waals surface area contributed by atoms with Gasteiger partial charge in [0.05, 0.1) is 10.6 Å². The largest absolute Gasteiger partial charge is 0.343 e. The van der Waals surface area contributed by atoms with Crippen molar-refractivity contribution < 1.29 is 9.59 Å². The zero-order chi connectivity index (χ0) is 18.4. The molecule has 0 unspecified atom stereocenters. The number of carbonyl (C=O) groups is 2. The summed E-state index contributed by atoms with van der Waals surface area (Å²) in [7, 11) is 1.85. The van der Waals surface area contributed by atoms with Crippen molar-refractivity contribution in [2.24, 2.45) is 0 Å². The lowest BCUT2D eigenvalue weighted by Gasteiger charge is -2.36. The highest BCUT2D eigenvalue weighted by atomic mass is 35.5. The molecule has 1 aromatic rings. The first-order valence-electron chi connectivity index (χ1n) is 8.36. The van der Waals surface area contributed by atoms with Crippen LogP contribution in [0.3, 0.4) is 0 Å². The summed E-state index contributed by atoms with van der Waals surface area (Å²) in [5, 5.41) is 12.0. The molecular formula is C18H23ClN4O2. The monoisotopic (exact) mass is 362 g/mol. The van der Waals surface area contributed by atoms with E-state index >= 15 is 0 Å². The van der Waals surface area contributed by atoms with Gasteiger partial charge in [0, 0.05) is 51.8 Å². The molecule has 0 bridgehead atoms. The Morgan fingerprint density at radius 1 is 1.40 bits per heavy atom. The number of halogens is 1. The number of likely N-dealkylation sites (tertiary alicyclic amines) is 1. The number of piperidine rings is 1. The van der Waals surface area contributed by atoms with Crippen LogP contribution in [-0.2, 0) is 9.59 Å². The molecule has 7 heteroatoms. The summed E-state index contributed by atoms with van der Waals surface area (Å²) in [5.41, 5.74) is 0.980. The predicted molar refractivity (Wildman–Crippen MR) is 97.3 cm³/mol. The highest BCUT2D eigenvalue weighted by molar-refractivity contribution is 6.32. The van der Waals surface area contributed by atoms with Crippen LogP contribution in [0.25, 0.3) is 0 Å². The van der Waals surface area contributed by atoms with Crippen molar-refractivity contribution in [2.75, 3.05) is 32.0 Å². The second-order valence-corrected chi connectivity index (χ2v) is 6.71. The number of hydrogen-bond acceptors (Lipinski definition) is 4. The second kappa shape index (κ2) is 8.84. The van der Waals surface area contributed by atoms with Gasteiger partial charge in [-0.2, -0.15) is 5.26 Å². The first-order chi connectivity index (χ1) is 11.9. The standard InChI is InChI=1S/C18H23ClN4O2/c1-13(24)22(2)16-5-8-23(9-6-16)10-7-18(25)21-15-4-3-14(12-20)17(19)11-15/h3-4,11,16H,5-10H2,1-2H3,(H,21,25). The third kappa shape index (κ3) is 5.45. The van der Waals surface area contributed by atoms with E-state index in [9.17, 15) is 9.59 Å². The molecular weight excluding hydrogens is 340 g/mol.